The average Bonchev–Trinajstić information content (AvgIpc) is 1.88. The lowest BCUT2D eigenvalue weighted by Crippen LogP contribution is -2.63. The maximum absolute atomic E-state index is 3.58. The third-order valence-electron chi connectivity index (χ3n) is 3.98. The van der Waals surface area contributed by atoms with Crippen molar-refractivity contribution in [2.24, 2.45) is 17.8 Å². The van der Waals surface area contributed by atoms with Crippen LogP contribution in [0.3, 0.4) is 0 Å². The van der Waals surface area contributed by atoms with E-state index >= 15 is 0 Å². The Labute approximate surface area is 62.2 Å². The van der Waals surface area contributed by atoms with Gasteiger partial charge in [0.1, 0.15) is 0 Å². The first kappa shape index (κ1) is 5.59. The van der Waals surface area contributed by atoms with Crippen LogP contribution in [0, 0.1) is 17.8 Å². The van der Waals surface area contributed by atoms with Crippen LogP contribution in [0.25, 0.3) is 0 Å². The Hall–Kier alpha value is -0.0400. The largest absolute Gasteiger partial charge is 0.313 e. The Morgan fingerprint density at radius 1 is 0.900 bits per heavy atom. The summed E-state index contributed by atoms with van der Waals surface area (Å²) in [5.74, 6) is 3.30. The van der Waals surface area contributed by atoms with E-state index in [1.807, 2.05) is 0 Å². The van der Waals surface area contributed by atoms with Crippen molar-refractivity contribution in [2.45, 2.75) is 31.7 Å². The first-order valence-corrected chi connectivity index (χ1v) is 4.68. The molecule has 1 aliphatic heterocycles. The summed E-state index contributed by atoms with van der Waals surface area (Å²) in [5.41, 5.74) is 0. The summed E-state index contributed by atoms with van der Waals surface area (Å²) in [6.45, 7) is 1.34. The molecule has 0 aromatic heterocycles. The molecular weight excluding hydrogens is 122 g/mol. The first-order valence-electron chi connectivity index (χ1n) is 4.68. The molecule has 4 fully saturated rings. The minimum Gasteiger partial charge on any atom is -0.313 e. The van der Waals surface area contributed by atoms with Crippen LogP contribution in [0.5, 0.6) is 0 Å². The van der Waals surface area contributed by atoms with Gasteiger partial charge < -0.3 is 5.32 Å². The summed E-state index contributed by atoms with van der Waals surface area (Å²) in [4.78, 5) is 0. The molecule has 1 N–H and O–H groups in total. The lowest BCUT2D eigenvalue weighted by Gasteiger charge is -2.55. The molecule has 1 heteroatoms. The summed E-state index contributed by atoms with van der Waals surface area (Å²) in [7, 11) is 0. The molecule has 0 spiro atoms. The molecule has 2 bridgehead atoms. The van der Waals surface area contributed by atoms with Crippen LogP contribution < -0.4 is 5.32 Å². The predicted molar refractivity (Wildman–Crippen MR) is 40.7 cm³/mol. The van der Waals surface area contributed by atoms with E-state index in [9.17, 15) is 0 Å². The number of hydrogen-bond acceptors (Lipinski definition) is 1. The summed E-state index contributed by atoms with van der Waals surface area (Å²) in [6.07, 6.45) is 6.15. The zero-order valence-corrected chi connectivity index (χ0v) is 6.34. The Balaban J connectivity index is 1.88. The van der Waals surface area contributed by atoms with Gasteiger partial charge in [-0.05, 0) is 50.0 Å². The zero-order chi connectivity index (χ0) is 6.55. The SMILES string of the molecule is C1CC2CCC1C1CNC21. The molecule has 0 amide bonds. The average molecular weight is 137 g/mol. The molecule has 1 nitrogen and oxygen atoms in total. The molecule has 4 aliphatic rings. The van der Waals surface area contributed by atoms with Gasteiger partial charge in [-0.15, -0.1) is 0 Å². The Kier molecular flexibility index (Phi) is 0.984. The van der Waals surface area contributed by atoms with Crippen molar-refractivity contribution in [1.82, 2.24) is 5.32 Å². The van der Waals surface area contributed by atoms with Gasteiger partial charge in [-0.2, -0.15) is 0 Å². The minimum absolute atomic E-state index is 0.965. The van der Waals surface area contributed by atoms with Crippen LogP contribution >= 0.6 is 0 Å². The molecule has 0 aromatic rings. The molecule has 2 unspecified atom stereocenters. The highest BCUT2D eigenvalue weighted by Gasteiger charge is 2.47. The van der Waals surface area contributed by atoms with Gasteiger partial charge in [0.05, 0.1) is 0 Å². The number of nitrogens with one attached hydrogen (secondary N) is 1. The van der Waals surface area contributed by atoms with E-state index in [4.69, 9.17) is 0 Å². The van der Waals surface area contributed by atoms with Crippen molar-refractivity contribution in [3.8, 4) is 0 Å². The van der Waals surface area contributed by atoms with Crippen LogP contribution in [-0.2, 0) is 0 Å². The van der Waals surface area contributed by atoms with Crippen LogP contribution in [-0.4, -0.2) is 12.6 Å². The quantitative estimate of drug-likeness (QED) is 0.532. The van der Waals surface area contributed by atoms with E-state index in [1.165, 1.54) is 19.4 Å². The molecule has 4 rings (SSSR count). The van der Waals surface area contributed by atoms with E-state index < -0.39 is 0 Å². The van der Waals surface area contributed by atoms with E-state index in [2.05, 4.69) is 5.32 Å². The maximum atomic E-state index is 3.58. The topological polar surface area (TPSA) is 12.0 Å². The monoisotopic (exact) mass is 137 g/mol. The van der Waals surface area contributed by atoms with Gasteiger partial charge in [-0.3, -0.25) is 0 Å². The Morgan fingerprint density at radius 2 is 1.60 bits per heavy atom. The van der Waals surface area contributed by atoms with Crippen molar-refractivity contribution in [3.05, 3.63) is 0 Å². The molecule has 56 valence electrons. The normalized spacial score (nSPS) is 57.6. The second kappa shape index (κ2) is 1.76. The zero-order valence-electron chi connectivity index (χ0n) is 6.34. The molecule has 10 heavy (non-hydrogen) atoms. The first-order chi connectivity index (χ1) is 4.95. The van der Waals surface area contributed by atoms with Crippen molar-refractivity contribution >= 4 is 0 Å². The lowest BCUT2D eigenvalue weighted by atomic mass is 9.58. The van der Waals surface area contributed by atoms with Gasteiger partial charge >= 0.3 is 0 Å². The second-order valence-electron chi connectivity index (χ2n) is 4.27. The van der Waals surface area contributed by atoms with Crippen molar-refractivity contribution in [3.63, 3.8) is 0 Å². The highest BCUT2D eigenvalue weighted by atomic mass is 15.0. The maximum Gasteiger partial charge on any atom is 0.0138 e. The fourth-order valence-corrected chi connectivity index (χ4v) is 3.30. The van der Waals surface area contributed by atoms with Gasteiger partial charge in [-0.1, -0.05) is 0 Å². The fraction of sp³-hybridized carbons (Fsp3) is 1.00. The smallest absolute Gasteiger partial charge is 0.0138 e. The van der Waals surface area contributed by atoms with E-state index in [1.54, 1.807) is 12.8 Å². The third-order valence-corrected chi connectivity index (χ3v) is 3.98. The van der Waals surface area contributed by atoms with Gasteiger partial charge in [0, 0.05) is 6.04 Å². The van der Waals surface area contributed by atoms with E-state index in [-0.39, 0.29) is 0 Å². The molecule has 2 atom stereocenters. The van der Waals surface area contributed by atoms with Gasteiger partial charge in [-0.25, -0.2) is 0 Å². The van der Waals surface area contributed by atoms with Gasteiger partial charge in [0.15, 0.2) is 0 Å². The highest BCUT2D eigenvalue weighted by Crippen LogP contribution is 2.48. The summed E-state index contributed by atoms with van der Waals surface area (Å²) < 4.78 is 0. The highest BCUT2D eigenvalue weighted by molar-refractivity contribution is 5.03. The van der Waals surface area contributed by atoms with Crippen LogP contribution in [0.1, 0.15) is 25.7 Å². The van der Waals surface area contributed by atoms with Gasteiger partial charge in [0.25, 0.3) is 0 Å². The van der Waals surface area contributed by atoms with Gasteiger partial charge in [0.2, 0.25) is 0 Å². The summed E-state index contributed by atoms with van der Waals surface area (Å²) in [6, 6.07) is 0.965. The number of hydrogen-bond donors (Lipinski definition) is 1. The van der Waals surface area contributed by atoms with Crippen LogP contribution in [0.4, 0.5) is 0 Å². The third kappa shape index (κ3) is 0.531. The molecular formula is C9H15N. The molecule has 3 aliphatic carbocycles. The molecule has 3 saturated carbocycles. The predicted octanol–water partition coefficient (Wildman–Crippen LogP) is 1.39. The standard InChI is InChI=1S/C9H15N/c1-3-7-4-2-6(1)8-5-10-9(7)8/h6-10H,1-5H2. The summed E-state index contributed by atoms with van der Waals surface area (Å²) >= 11 is 0. The molecule has 1 heterocycles. The van der Waals surface area contributed by atoms with Crippen molar-refractivity contribution in [1.29, 1.82) is 0 Å². The molecule has 0 radical (unpaired) electrons. The van der Waals surface area contributed by atoms with Crippen LogP contribution in [0.2, 0.25) is 0 Å². The summed E-state index contributed by atoms with van der Waals surface area (Å²) in [5, 5.41) is 3.58. The fourth-order valence-electron chi connectivity index (χ4n) is 3.30. The molecule has 0 aromatic carbocycles. The minimum atomic E-state index is 0.965. The van der Waals surface area contributed by atoms with E-state index in [0.29, 0.717) is 0 Å². The Morgan fingerprint density at radius 3 is 1.90 bits per heavy atom. The Bertz CT molecular complexity index is 125. The van der Waals surface area contributed by atoms with Crippen LogP contribution in [0.15, 0.2) is 0 Å². The second-order valence-corrected chi connectivity index (χ2v) is 4.27. The van der Waals surface area contributed by atoms with Crippen molar-refractivity contribution in [2.75, 3.05) is 6.54 Å². The lowest BCUT2D eigenvalue weighted by molar-refractivity contribution is -0.00621. The number of fused-ring (bicyclic) bond motifs is 2. The van der Waals surface area contributed by atoms with E-state index in [0.717, 1.165) is 23.8 Å². The molecule has 1 saturated heterocycles. The number of rotatable bonds is 0. The van der Waals surface area contributed by atoms with Crippen molar-refractivity contribution < 1.29 is 0 Å².